The van der Waals surface area contributed by atoms with E-state index in [4.69, 9.17) is 11.6 Å². The lowest BCUT2D eigenvalue weighted by molar-refractivity contribution is 0.0966. The van der Waals surface area contributed by atoms with E-state index >= 15 is 0 Å². The summed E-state index contributed by atoms with van der Waals surface area (Å²) in [5.74, 6) is -0.105. The molecule has 0 amide bonds. The van der Waals surface area contributed by atoms with Gasteiger partial charge in [0.25, 0.3) is 0 Å². The van der Waals surface area contributed by atoms with Crippen molar-refractivity contribution in [3.05, 3.63) is 101 Å². The van der Waals surface area contributed by atoms with E-state index in [9.17, 15) is 9.18 Å². The highest BCUT2D eigenvalue weighted by Gasteiger charge is 2.15. The zero-order valence-corrected chi connectivity index (χ0v) is 17.4. The summed E-state index contributed by atoms with van der Waals surface area (Å²) in [7, 11) is 0. The molecule has 4 rings (SSSR count). The number of ketones is 1. The third-order valence-electron chi connectivity index (χ3n) is 5.55. The first kappa shape index (κ1) is 20.5. The molecule has 0 aliphatic carbocycles. The quantitative estimate of drug-likeness (QED) is 0.424. The van der Waals surface area contributed by atoms with Crippen LogP contribution >= 0.6 is 11.6 Å². The Morgan fingerprint density at radius 1 is 0.867 bits per heavy atom. The predicted octanol–water partition coefficient (Wildman–Crippen LogP) is 6.51. The smallest absolute Gasteiger partial charge is 0.164 e. The molecule has 152 valence electrons. The number of Topliss-reactive ketones (excluding diaryl/α,β-unsaturated/α-hetero) is 1. The van der Waals surface area contributed by atoms with Crippen LogP contribution in [0.4, 0.5) is 4.39 Å². The SMILES string of the molecule is O=C(CCN1CC=C(c2ccc(Cl)cc2)CC1)c1ccc(-c2ccc(F)cc2)cc1. The van der Waals surface area contributed by atoms with Crippen LogP contribution < -0.4 is 0 Å². The van der Waals surface area contributed by atoms with Gasteiger partial charge >= 0.3 is 0 Å². The average molecular weight is 420 g/mol. The molecule has 0 aromatic heterocycles. The number of hydrogen-bond donors (Lipinski definition) is 0. The summed E-state index contributed by atoms with van der Waals surface area (Å²) in [5, 5.41) is 0.751. The number of nitrogens with zero attached hydrogens (tertiary/aromatic N) is 1. The van der Waals surface area contributed by atoms with Crippen LogP contribution in [0.2, 0.25) is 5.02 Å². The fourth-order valence-corrected chi connectivity index (χ4v) is 3.86. The number of rotatable bonds is 6. The molecule has 0 saturated carbocycles. The molecule has 4 heteroatoms. The molecular formula is C26H23ClFNO. The highest BCUT2D eigenvalue weighted by molar-refractivity contribution is 6.30. The maximum absolute atomic E-state index is 13.1. The molecule has 3 aromatic rings. The van der Waals surface area contributed by atoms with Gasteiger partial charge in [-0.3, -0.25) is 9.69 Å². The highest BCUT2D eigenvalue weighted by atomic mass is 35.5. The van der Waals surface area contributed by atoms with Gasteiger partial charge in [-0.2, -0.15) is 0 Å². The van der Waals surface area contributed by atoms with Crippen LogP contribution in [0.3, 0.4) is 0 Å². The summed E-state index contributed by atoms with van der Waals surface area (Å²) in [6.07, 6.45) is 3.72. The molecule has 0 fully saturated rings. The van der Waals surface area contributed by atoms with Crippen molar-refractivity contribution in [2.75, 3.05) is 19.6 Å². The van der Waals surface area contributed by atoms with Crippen LogP contribution in [0, 0.1) is 5.82 Å². The Balaban J connectivity index is 1.30. The van der Waals surface area contributed by atoms with Gasteiger partial charge in [-0.05, 0) is 52.9 Å². The third-order valence-corrected chi connectivity index (χ3v) is 5.80. The van der Waals surface area contributed by atoms with Crippen molar-refractivity contribution in [1.29, 1.82) is 0 Å². The molecule has 0 spiro atoms. The standard InChI is InChI=1S/C26H23ClFNO/c27-24-9-5-20(6-10-24)22-13-16-29(17-14-22)18-15-26(30)23-3-1-19(2-4-23)21-7-11-25(28)12-8-21/h1-13H,14-18H2. The molecule has 1 aliphatic heterocycles. The van der Waals surface area contributed by atoms with Gasteiger partial charge in [-0.15, -0.1) is 0 Å². The first-order valence-electron chi connectivity index (χ1n) is 10.1. The Morgan fingerprint density at radius 3 is 2.07 bits per heavy atom. The normalized spacial score (nSPS) is 14.4. The van der Waals surface area contributed by atoms with E-state index in [1.54, 1.807) is 12.1 Å². The molecule has 2 nitrogen and oxygen atoms in total. The molecule has 1 aliphatic rings. The number of benzene rings is 3. The van der Waals surface area contributed by atoms with E-state index < -0.39 is 0 Å². The van der Waals surface area contributed by atoms with E-state index in [1.807, 2.05) is 36.4 Å². The van der Waals surface area contributed by atoms with Gasteiger partial charge in [0.05, 0.1) is 0 Å². The fraction of sp³-hybridized carbons (Fsp3) is 0.192. The molecule has 1 heterocycles. The van der Waals surface area contributed by atoms with Crippen LogP contribution in [0.1, 0.15) is 28.8 Å². The van der Waals surface area contributed by atoms with E-state index in [-0.39, 0.29) is 11.6 Å². The Kier molecular flexibility index (Phi) is 6.41. The Labute approximate surface area is 181 Å². The highest BCUT2D eigenvalue weighted by Crippen LogP contribution is 2.24. The first-order valence-corrected chi connectivity index (χ1v) is 10.5. The van der Waals surface area contributed by atoms with Gasteiger partial charge in [0.1, 0.15) is 5.82 Å². The minimum atomic E-state index is -0.251. The van der Waals surface area contributed by atoms with Gasteiger partial charge in [-0.25, -0.2) is 4.39 Å². The molecule has 30 heavy (non-hydrogen) atoms. The van der Waals surface area contributed by atoms with Crippen molar-refractivity contribution in [3.63, 3.8) is 0 Å². The summed E-state index contributed by atoms with van der Waals surface area (Å²) in [4.78, 5) is 14.9. The third kappa shape index (κ3) is 5.05. The zero-order chi connectivity index (χ0) is 20.9. The maximum Gasteiger partial charge on any atom is 0.164 e. The summed E-state index contributed by atoms with van der Waals surface area (Å²) >= 11 is 5.97. The zero-order valence-electron chi connectivity index (χ0n) is 16.7. The molecule has 0 saturated heterocycles. The van der Waals surface area contributed by atoms with Crippen molar-refractivity contribution >= 4 is 23.0 Å². The Hall–Kier alpha value is -2.75. The lowest BCUT2D eigenvalue weighted by atomic mass is 9.99. The second-order valence-electron chi connectivity index (χ2n) is 7.54. The average Bonchev–Trinajstić information content (AvgIpc) is 2.79. The molecular weight excluding hydrogens is 397 g/mol. The second kappa shape index (κ2) is 9.38. The summed E-state index contributed by atoms with van der Waals surface area (Å²) in [6, 6.07) is 21.9. The molecule has 0 N–H and O–H groups in total. The van der Waals surface area contributed by atoms with E-state index in [2.05, 4.69) is 23.1 Å². The number of carbonyl (C=O) groups is 1. The van der Waals surface area contributed by atoms with Crippen LogP contribution in [0.15, 0.2) is 78.9 Å². The van der Waals surface area contributed by atoms with Crippen LogP contribution in [-0.2, 0) is 0 Å². The maximum atomic E-state index is 13.1. The van der Waals surface area contributed by atoms with Gasteiger partial charge in [0.15, 0.2) is 5.78 Å². The summed E-state index contributed by atoms with van der Waals surface area (Å²) in [6.45, 7) is 2.56. The topological polar surface area (TPSA) is 20.3 Å². The number of hydrogen-bond acceptors (Lipinski definition) is 2. The minimum absolute atomic E-state index is 0.146. The number of carbonyl (C=O) groups excluding carboxylic acids is 1. The molecule has 0 unspecified atom stereocenters. The predicted molar refractivity (Wildman–Crippen MR) is 121 cm³/mol. The van der Waals surface area contributed by atoms with E-state index in [1.165, 1.54) is 23.3 Å². The van der Waals surface area contributed by atoms with Crippen LogP contribution in [-0.4, -0.2) is 30.3 Å². The molecule has 0 atom stereocenters. The summed E-state index contributed by atoms with van der Waals surface area (Å²) < 4.78 is 13.1. The van der Waals surface area contributed by atoms with Crippen LogP contribution in [0.25, 0.3) is 16.7 Å². The Bertz CT molecular complexity index is 1040. The monoisotopic (exact) mass is 419 g/mol. The fourth-order valence-electron chi connectivity index (χ4n) is 3.74. The lowest BCUT2D eigenvalue weighted by Crippen LogP contribution is -2.30. The summed E-state index contributed by atoms with van der Waals surface area (Å²) in [5.41, 5.74) is 5.19. The van der Waals surface area contributed by atoms with Crippen molar-refractivity contribution in [1.82, 2.24) is 4.90 Å². The minimum Gasteiger partial charge on any atom is -0.299 e. The Morgan fingerprint density at radius 2 is 1.47 bits per heavy atom. The number of halogens is 2. The second-order valence-corrected chi connectivity index (χ2v) is 7.98. The van der Waals surface area contributed by atoms with Gasteiger partial charge in [-0.1, -0.05) is 66.2 Å². The van der Waals surface area contributed by atoms with Gasteiger partial charge in [0.2, 0.25) is 0 Å². The van der Waals surface area contributed by atoms with Crippen molar-refractivity contribution in [2.45, 2.75) is 12.8 Å². The van der Waals surface area contributed by atoms with E-state index in [0.29, 0.717) is 6.42 Å². The lowest BCUT2D eigenvalue weighted by Gasteiger charge is -2.26. The molecule has 0 radical (unpaired) electrons. The van der Waals surface area contributed by atoms with Crippen molar-refractivity contribution in [3.8, 4) is 11.1 Å². The largest absolute Gasteiger partial charge is 0.299 e. The first-order chi connectivity index (χ1) is 14.6. The van der Waals surface area contributed by atoms with Gasteiger partial charge < -0.3 is 0 Å². The van der Waals surface area contributed by atoms with Crippen molar-refractivity contribution < 1.29 is 9.18 Å². The molecule has 0 bridgehead atoms. The van der Waals surface area contributed by atoms with E-state index in [0.717, 1.165) is 47.8 Å². The van der Waals surface area contributed by atoms with Crippen molar-refractivity contribution in [2.24, 2.45) is 0 Å². The van der Waals surface area contributed by atoms with Gasteiger partial charge in [0, 0.05) is 36.6 Å². The van der Waals surface area contributed by atoms with Crippen LogP contribution in [0.5, 0.6) is 0 Å². The molecule has 3 aromatic carbocycles.